The van der Waals surface area contributed by atoms with Crippen molar-refractivity contribution in [1.82, 2.24) is 19.6 Å². The normalized spacial score (nSPS) is 17.1. The van der Waals surface area contributed by atoms with Crippen LogP contribution in [0.25, 0.3) is 15.9 Å². The van der Waals surface area contributed by atoms with Crippen molar-refractivity contribution in [2.75, 3.05) is 33.2 Å². The Hall–Kier alpha value is -2.18. The monoisotopic (exact) mass is 396 g/mol. The molecule has 0 radical (unpaired) electrons. The Labute approximate surface area is 170 Å². The van der Waals surface area contributed by atoms with Gasteiger partial charge in [-0.1, -0.05) is 25.1 Å². The predicted octanol–water partition coefficient (Wildman–Crippen LogP) is 4.20. The number of hydrogen-bond donors (Lipinski definition) is 0. The van der Waals surface area contributed by atoms with Crippen LogP contribution >= 0.6 is 11.3 Å². The van der Waals surface area contributed by atoms with Crippen molar-refractivity contribution in [3.63, 3.8) is 0 Å². The lowest BCUT2D eigenvalue weighted by atomic mass is 10.1. The molecular weight excluding hydrogens is 368 g/mol. The van der Waals surface area contributed by atoms with Gasteiger partial charge in [-0.15, -0.1) is 11.3 Å². The first kappa shape index (κ1) is 19.2. The first-order valence-electron chi connectivity index (χ1n) is 10.1. The predicted molar refractivity (Wildman–Crippen MR) is 115 cm³/mol. The maximum Gasteiger partial charge on any atom is 0.264 e. The molecule has 1 unspecified atom stereocenters. The molecule has 28 heavy (non-hydrogen) atoms. The topological polar surface area (TPSA) is 41.4 Å². The van der Waals surface area contributed by atoms with Crippen molar-refractivity contribution in [3.8, 4) is 5.69 Å². The highest BCUT2D eigenvalue weighted by atomic mass is 32.1. The van der Waals surface area contributed by atoms with E-state index in [0.717, 1.165) is 59.1 Å². The average molecular weight is 397 g/mol. The molecule has 0 spiro atoms. The molecule has 1 fully saturated rings. The minimum absolute atomic E-state index is 0.167. The Balaban J connectivity index is 1.53. The average Bonchev–Trinajstić information content (AvgIpc) is 3.39. The van der Waals surface area contributed by atoms with Gasteiger partial charge < -0.3 is 9.80 Å². The highest BCUT2D eigenvalue weighted by Crippen LogP contribution is 2.32. The van der Waals surface area contributed by atoms with Gasteiger partial charge in [-0.25, -0.2) is 4.68 Å². The molecule has 3 heterocycles. The van der Waals surface area contributed by atoms with Crippen LogP contribution in [0, 0.1) is 12.8 Å². The van der Waals surface area contributed by atoms with Crippen LogP contribution in [-0.2, 0) is 0 Å². The third-order valence-electron chi connectivity index (χ3n) is 5.50. The summed E-state index contributed by atoms with van der Waals surface area (Å²) in [4.78, 5) is 19.4. The molecular formula is C22H28N4OS. The molecule has 0 N–H and O–H groups in total. The first-order valence-corrected chi connectivity index (χ1v) is 10.9. The number of fused-ring (bicyclic) bond motifs is 1. The molecule has 5 nitrogen and oxygen atoms in total. The van der Waals surface area contributed by atoms with Crippen molar-refractivity contribution >= 4 is 27.5 Å². The van der Waals surface area contributed by atoms with Crippen molar-refractivity contribution < 1.29 is 4.79 Å². The van der Waals surface area contributed by atoms with E-state index >= 15 is 0 Å². The molecule has 1 aromatic carbocycles. The number of nitrogens with zero attached hydrogens (tertiary/aromatic N) is 4. The van der Waals surface area contributed by atoms with Crippen LogP contribution in [0.2, 0.25) is 0 Å². The standard InChI is InChI=1S/C22H28N4OS/c1-4-11-24(3)14-17-10-12-25(15-17)21(27)20-13-19-16(2)23-26(22(19)28-20)18-8-6-5-7-9-18/h5-9,13,17H,4,10-12,14-15H2,1-3H3. The second-order valence-electron chi connectivity index (χ2n) is 7.83. The first-order chi connectivity index (χ1) is 13.6. The van der Waals surface area contributed by atoms with Crippen LogP contribution in [0.15, 0.2) is 36.4 Å². The molecule has 1 atom stereocenters. The summed E-state index contributed by atoms with van der Waals surface area (Å²) in [5, 5.41) is 5.76. The number of thiophene rings is 1. The van der Waals surface area contributed by atoms with Crippen molar-refractivity contribution in [2.24, 2.45) is 5.92 Å². The summed E-state index contributed by atoms with van der Waals surface area (Å²) >= 11 is 1.56. The fraction of sp³-hybridized carbons (Fsp3) is 0.455. The van der Waals surface area contributed by atoms with Crippen LogP contribution in [0.3, 0.4) is 0 Å². The minimum Gasteiger partial charge on any atom is -0.338 e. The number of benzene rings is 1. The lowest BCUT2D eigenvalue weighted by Crippen LogP contribution is -2.31. The van der Waals surface area contributed by atoms with Gasteiger partial charge in [0, 0.05) is 25.0 Å². The smallest absolute Gasteiger partial charge is 0.264 e. The van der Waals surface area contributed by atoms with E-state index in [1.165, 1.54) is 6.42 Å². The zero-order chi connectivity index (χ0) is 19.7. The number of rotatable bonds is 6. The summed E-state index contributed by atoms with van der Waals surface area (Å²) in [5.74, 6) is 0.747. The maximum absolute atomic E-state index is 13.1. The molecule has 148 valence electrons. The number of para-hydroxylation sites is 1. The van der Waals surface area contributed by atoms with Crippen molar-refractivity contribution in [1.29, 1.82) is 0 Å². The molecule has 3 aromatic rings. The van der Waals surface area contributed by atoms with E-state index in [-0.39, 0.29) is 5.91 Å². The van der Waals surface area contributed by atoms with Gasteiger partial charge in [0.2, 0.25) is 0 Å². The van der Waals surface area contributed by atoms with Crippen molar-refractivity contribution in [2.45, 2.75) is 26.7 Å². The lowest BCUT2D eigenvalue weighted by Gasteiger charge is -2.20. The second-order valence-corrected chi connectivity index (χ2v) is 8.86. The summed E-state index contributed by atoms with van der Waals surface area (Å²) in [7, 11) is 2.18. The van der Waals surface area contributed by atoms with Gasteiger partial charge in [-0.3, -0.25) is 4.79 Å². The zero-order valence-corrected chi connectivity index (χ0v) is 17.7. The van der Waals surface area contributed by atoms with Gasteiger partial charge in [-0.2, -0.15) is 5.10 Å². The molecule has 1 saturated heterocycles. The van der Waals surface area contributed by atoms with Gasteiger partial charge >= 0.3 is 0 Å². The Morgan fingerprint density at radius 3 is 2.86 bits per heavy atom. The number of carbonyl (C=O) groups is 1. The summed E-state index contributed by atoms with van der Waals surface area (Å²) in [6.07, 6.45) is 2.27. The molecule has 1 aliphatic heterocycles. The van der Waals surface area contributed by atoms with Crippen LogP contribution in [0.4, 0.5) is 0 Å². The summed E-state index contributed by atoms with van der Waals surface area (Å²) in [6, 6.07) is 12.1. The van der Waals surface area contributed by atoms with Crippen LogP contribution in [0.5, 0.6) is 0 Å². The van der Waals surface area contributed by atoms with E-state index in [2.05, 4.69) is 24.0 Å². The SMILES string of the molecule is CCCN(C)CC1CCN(C(=O)c2cc3c(C)nn(-c4ccccc4)c3s2)C1. The van der Waals surface area contributed by atoms with Crippen LogP contribution < -0.4 is 0 Å². The number of hydrogen-bond acceptors (Lipinski definition) is 4. The Kier molecular flexibility index (Phi) is 5.51. The van der Waals surface area contributed by atoms with Crippen molar-refractivity contribution in [3.05, 3.63) is 47.0 Å². The van der Waals surface area contributed by atoms with E-state index in [1.807, 2.05) is 52.9 Å². The minimum atomic E-state index is 0.167. The van der Waals surface area contributed by atoms with E-state index in [9.17, 15) is 4.79 Å². The van der Waals surface area contributed by atoms with Gasteiger partial charge in [0.15, 0.2) is 0 Å². The van der Waals surface area contributed by atoms with Gasteiger partial charge in [0.25, 0.3) is 5.91 Å². The second kappa shape index (κ2) is 8.05. The van der Waals surface area contributed by atoms with Gasteiger partial charge in [0.1, 0.15) is 4.83 Å². The third kappa shape index (κ3) is 3.71. The molecule has 0 saturated carbocycles. The Morgan fingerprint density at radius 2 is 2.11 bits per heavy atom. The molecule has 0 aliphatic carbocycles. The van der Waals surface area contributed by atoms with Gasteiger partial charge in [0.05, 0.1) is 16.3 Å². The zero-order valence-electron chi connectivity index (χ0n) is 16.9. The number of carbonyl (C=O) groups excluding carboxylic acids is 1. The van der Waals surface area contributed by atoms with E-state index in [1.54, 1.807) is 11.3 Å². The van der Waals surface area contributed by atoms with Crippen LogP contribution in [-0.4, -0.2) is 58.7 Å². The number of aromatic nitrogens is 2. The van der Waals surface area contributed by atoms with Gasteiger partial charge in [-0.05, 0) is 57.5 Å². The fourth-order valence-electron chi connectivity index (χ4n) is 4.13. The largest absolute Gasteiger partial charge is 0.338 e. The summed E-state index contributed by atoms with van der Waals surface area (Å²) < 4.78 is 1.96. The molecule has 4 rings (SSSR count). The highest BCUT2D eigenvalue weighted by Gasteiger charge is 2.29. The highest BCUT2D eigenvalue weighted by molar-refractivity contribution is 7.20. The third-order valence-corrected chi connectivity index (χ3v) is 6.60. The number of aryl methyl sites for hydroxylation is 1. The molecule has 1 aliphatic rings. The molecule has 2 aromatic heterocycles. The Bertz CT molecular complexity index is 962. The van der Waals surface area contributed by atoms with Crippen LogP contribution in [0.1, 0.15) is 35.1 Å². The lowest BCUT2D eigenvalue weighted by molar-refractivity contribution is 0.0789. The maximum atomic E-state index is 13.1. The molecule has 0 bridgehead atoms. The Morgan fingerprint density at radius 1 is 1.32 bits per heavy atom. The fourth-order valence-corrected chi connectivity index (χ4v) is 5.28. The number of likely N-dealkylation sites (tertiary alicyclic amines) is 1. The molecule has 6 heteroatoms. The summed E-state index contributed by atoms with van der Waals surface area (Å²) in [5.41, 5.74) is 2.00. The summed E-state index contributed by atoms with van der Waals surface area (Å²) in [6.45, 7) is 8.15. The van der Waals surface area contributed by atoms with E-state index in [0.29, 0.717) is 5.92 Å². The van der Waals surface area contributed by atoms with E-state index < -0.39 is 0 Å². The number of amides is 1. The van der Waals surface area contributed by atoms with E-state index in [4.69, 9.17) is 0 Å². The quantitative estimate of drug-likeness (QED) is 0.627. The molecule has 1 amide bonds.